The van der Waals surface area contributed by atoms with E-state index in [4.69, 9.17) is 5.11 Å². The number of anilines is 1. The highest BCUT2D eigenvalue weighted by Crippen LogP contribution is 2.18. The number of thiophene rings is 1. The normalized spacial score (nSPS) is 9.70. The maximum atomic E-state index is 12.1. The fraction of sp³-hybridized carbons (Fsp3) is 0.188. The van der Waals surface area contributed by atoms with E-state index in [0.29, 0.717) is 4.88 Å². The first kappa shape index (κ1) is 14.3. The summed E-state index contributed by atoms with van der Waals surface area (Å²) in [5.74, 6) is 5.22. The maximum absolute atomic E-state index is 12.1. The topological polar surface area (TPSA) is 49.3 Å². The van der Waals surface area contributed by atoms with Crippen LogP contribution < -0.4 is 5.32 Å². The highest BCUT2D eigenvalue weighted by molar-refractivity contribution is 7.14. The van der Waals surface area contributed by atoms with E-state index in [-0.39, 0.29) is 12.5 Å². The number of hydrogen-bond donors (Lipinski definition) is 2. The Bertz CT molecular complexity index is 664. The van der Waals surface area contributed by atoms with Crippen LogP contribution in [0.4, 0.5) is 5.69 Å². The number of amides is 1. The SMILES string of the molecule is CCc1cccc(NC(=O)c2ccc(C#CCO)s2)c1. The molecule has 1 amide bonds. The Labute approximate surface area is 122 Å². The fourth-order valence-corrected chi connectivity index (χ4v) is 2.49. The van der Waals surface area contributed by atoms with Crippen molar-refractivity contribution in [2.24, 2.45) is 0 Å². The van der Waals surface area contributed by atoms with Gasteiger partial charge < -0.3 is 10.4 Å². The maximum Gasteiger partial charge on any atom is 0.265 e. The molecule has 1 aromatic carbocycles. The van der Waals surface area contributed by atoms with Crippen molar-refractivity contribution >= 4 is 22.9 Å². The van der Waals surface area contributed by atoms with E-state index in [9.17, 15) is 4.79 Å². The quantitative estimate of drug-likeness (QED) is 0.852. The van der Waals surface area contributed by atoms with Crippen LogP contribution in [0, 0.1) is 11.8 Å². The molecule has 20 heavy (non-hydrogen) atoms. The molecule has 2 aromatic rings. The number of aliphatic hydroxyl groups is 1. The summed E-state index contributed by atoms with van der Waals surface area (Å²) in [4.78, 5) is 13.5. The Morgan fingerprint density at radius 3 is 2.95 bits per heavy atom. The van der Waals surface area contributed by atoms with Crippen LogP contribution in [0.15, 0.2) is 36.4 Å². The van der Waals surface area contributed by atoms with Gasteiger partial charge in [-0.3, -0.25) is 4.79 Å². The summed E-state index contributed by atoms with van der Waals surface area (Å²) in [7, 11) is 0. The number of carbonyl (C=O) groups excluding carboxylic acids is 1. The summed E-state index contributed by atoms with van der Waals surface area (Å²) in [6.45, 7) is 1.90. The molecule has 0 aliphatic heterocycles. The zero-order chi connectivity index (χ0) is 14.4. The van der Waals surface area contributed by atoms with E-state index in [1.807, 2.05) is 24.3 Å². The van der Waals surface area contributed by atoms with E-state index >= 15 is 0 Å². The van der Waals surface area contributed by atoms with Gasteiger partial charge in [-0.2, -0.15) is 0 Å². The van der Waals surface area contributed by atoms with E-state index in [0.717, 1.165) is 17.0 Å². The number of nitrogens with one attached hydrogen (secondary N) is 1. The minimum Gasteiger partial charge on any atom is -0.384 e. The van der Waals surface area contributed by atoms with Gasteiger partial charge in [0.2, 0.25) is 0 Å². The van der Waals surface area contributed by atoms with Crippen molar-refractivity contribution < 1.29 is 9.90 Å². The lowest BCUT2D eigenvalue weighted by Crippen LogP contribution is -2.10. The van der Waals surface area contributed by atoms with Crippen molar-refractivity contribution in [2.75, 3.05) is 11.9 Å². The number of aliphatic hydroxyl groups excluding tert-OH is 1. The van der Waals surface area contributed by atoms with Crippen LogP contribution in [0.1, 0.15) is 27.0 Å². The summed E-state index contributed by atoms with van der Waals surface area (Å²) >= 11 is 1.31. The third-order valence-corrected chi connectivity index (χ3v) is 3.71. The summed E-state index contributed by atoms with van der Waals surface area (Å²) in [5.41, 5.74) is 1.98. The van der Waals surface area contributed by atoms with Gasteiger partial charge in [0.25, 0.3) is 5.91 Å². The second kappa shape index (κ2) is 6.90. The molecule has 0 saturated carbocycles. The molecule has 2 N–H and O–H groups in total. The summed E-state index contributed by atoms with van der Waals surface area (Å²) < 4.78 is 0. The van der Waals surface area contributed by atoms with Gasteiger partial charge in [0.05, 0.1) is 9.75 Å². The minimum absolute atomic E-state index is 0.139. The fourth-order valence-electron chi connectivity index (χ4n) is 1.72. The minimum atomic E-state index is -0.177. The molecule has 0 aliphatic rings. The van der Waals surface area contributed by atoms with Gasteiger partial charge in [-0.1, -0.05) is 30.9 Å². The standard InChI is InChI=1S/C16H15NO2S/c1-2-12-5-3-6-13(11-12)17-16(19)15-9-8-14(20-15)7-4-10-18/h3,5-6,8-9,11,18H,2,10H2,1H3,(H,17,19). The van der Waals surface area contributed by atoms with E-state index in [1.165, 1.54) is 16.9 Å². The number of carbonyl (C=O) groups is 1. The van der Waals surface area contributed by atoms with Crippen LogP contribution in [0.2, 0.25) is 0 Å². The number of hydrogen-bond acceptors (Lipinski definition) is 3. The summed E-state index contributed by atoms with van der Waals surface area (Å²) in [6.07, 6.45) is 0.934. The lowest BCUT2D eigenvalue weighted by atomic mass is 10.1. The Morgan fingerprint density at radius 1 is 1.35 bits per heavy atom. The molecule has 102 valence electrons. The van der Waals surface area contributed by atoms with Gasteiger partial charge in [0.15, 0.2) is 0 Å². The number of aryl methyl sites for hydroxylation is 1. The smallest absolute Gasteiger partial charge is 0.265 e. The molecule has 0 aliphatic carbocycles. The summed E-state index contributed by atoms with van der Waals surface area (Å²) in [6, 6.07) is 11.3. The molecule has 0 unspecified atom stereocenters. The second-order valence-corrected chi connectivity index (χ2v) is 5.22. The van der Waals surface area contributed by atoms with Crippen LogP contribution >= 0.6 is 11.3 Å². The van der Waals surface area contributed by atoms with Crippen LogP contribution in [-0.2, 0) is 6.42 Å². The van der Waals surface area contributed by atoms with E-state index in [2.05, 4.69) is 24.1 Å². The predicted octanol–water partition coefficient (Wildman–Crippen LogP) is 2.91. The van der Waals surface area contributed by atoms with Crippen molar-refractivity contribution in [2.45, 2.75) is 13.3 Å². The highest BCUT2D eigenvalue weighted by Gasteiger charge is 2.09. The largest absolute Gasteiger partial charge is 0.384 e. The van der Waals surface area contributed by atoms with Crippen molar-refractivity contribution in [3.8, 4) is 11.8 Å². The monoisotopic (exact) mass is 285 g/mol. The first-order chi connectivity index (χ1) is 9.72. The molecule has 1 aromatic heterocycles. The Morgan fingerprint density at radius 2 is 2.20 bits per heavy atom. The predicted molar refractivity (Wildman–Crippen MR) is 82.1 cm³/mol. The molecular formula is C16H15NO2S. The molecule has 3 nitrogen and oxygen atoms in total. The number of benzene rings is 1. The van der Waals surface area contributed by atoms with Crippen LogP contribution in [0.3, 0.4) is 0 Å². The van der Waals surface area contributed by atoms with Gasteiger partial charge in [-0.05, 0) is 36.2 Å². The molecule has 0 radical (unpaired) electrons. The molecule has 0 atom stereocenters. The van der Waals surface area contributed by atoms with E-state index < -0.39 is 0 Å². The Balaban J connectivity index is 2.09. The Kier molecular flexibility index (Phi) is 4.94. The van der Waals surface area contributed by atoms with E-state index in [1.54, 1.807) is 12.1 Å². The first-order valence-corrected chi connectivity index (χ1v) is 7.14. The van der Waals surface area contributed by atoms with Gasteiger partial charge >= 0.3 is 0 Å². The molecular weight excluding hydrogens is 270 g/mol. The molecule has 0 fully saturated rings. The van der Waals surface area contributed by atoms with Gasteiger partial charge in [-0.15, -0.1) is 11.3 Å². The van der Waals surface area contributed by atoms with Crippen molar-refractivity contribution in [3.63, 3.8) is 0 Å². The van der Waals surface area contributed by atoms with Crippen LogP contribution in [-0.4, -0.2) is 17.6 Å². The molecule has 4 heteroatoms. The molecule has 0 saturated heterocycles. The highest BCUT2D eigenvalue weighted by atomic mass is 32.1. The van der Waals surface area contributed by atoms with Crippen molar-refractivity contribution in [1.29, 1.82) is 0 Å². The third kappa shape index (κ3) is 3.70. The van der Waals surface area contributed by atoms with Crippen LogP contribution in [0.5, 0.6) is 0 Å². The second-order valence-electron chi connectivity index (χ2n) is 4.13. The van der Waals surface area contributed by atoms with Crippen molar-refractivity contribution in [3.05, 3.63) is 51.7 Å². The molecule has 0 spiro atoms. The van der Waals surface area contributed by atoms with Gasteiger partial charge in [0, 0.05) is 5.69 Å². The van der Waals surface area contributed by atoms with Gasteiger partial charge in [0.1, 0.15) is 6.61 Å². The molecule has 1 heterocycles. The molecule has 0 bridgehead atoms. The summed E-state index contributed by atoms with van der Waals surface area (Å²) in [5, 5.41) is 11.5. The lowest BCUT2D eigenvalue weighted by molar-refractivity contribution is 0.103. The first-order valence-electron chi connectivity index (χ1n) is 6.32. The zero-order valence-electron chi connectivity index (χ0n) is 11.1. The third-order valence-electron chi connectivity index (χ3n) is 2.71. The van der Waals surface area contributed by atoms with Crippen LogP contribution in [0.25, 0.3) is 0 Å². The van der Waals surface area contributed by atoms with Gasteiger partial charge in [-0.25, -0.2) is 0 Å². The average molecular weight is 285 g/mol. The molecule has 2 rings (SSSR count). The Hall–Kier alpha value is -2.09. The number of rotatable bonds is 3. The zero-order valence-corrected chi connectivity index (χ0v) is 12.0. The van der Waals surface area contributed by atoms with Crippen molar-refractivity contribution in [1.82, 2.24) is 0 Å². The average Bonchev–Trinajstić information content (AvgIpc) is 2.94. The lowest BCUT2D eigenvalue weighted by Gasteiger charge is -2.05.